The minimum absolute atomic E-state index is 0.302. The molecule has 3 heteroatoms. The molecule has 4 bridgehead atoms. The van der Waals surface area contributed by atoms with Crippen LogP contribution < -0.4 is 10.1 Å². The highest BCUT2D eigenvalue weighted by atomic mass is 16.5. The smallest absolute Gasteiger partial charge is 0.119 e. The maximum atomic E-state index is 10.4. The van der Waals surface area contributed by atoms with E-state index in [1.807, 2.05) is 6.07 Å². The molecule has 0 radical (unpaired) electrons. The third-order valence-electron chi connectivity index (χ3n) is 8.72. The maximum Gasteiger partial charge on any atom is 0.119 e. The van der Waals surface area contributed by atoms with Gasteiger partial charge in [0, 0.05) is 13.1 Å². The van der Waals surface area contributed by atoms with Crippen LogP contribution in [0.25, 0.3) is 11.1 Å². The summed E-state index contributed by atoms with van der Waals surface area (Å²) in [5, 5.41) is 13.8. The molecule has 7 rings (SSSR count). The summed E-state index contributed by atoms with van der Waals surface area (Å²) in [5.74, 6) is 3.74. The lowest BCUT2D eigenvalue weighted by Gasteiger charge is -2.57. The Balaban J connectivity index is 0.958. The lowest BCUT2D eigenvalue weighted by atomic mass is 9.48. The van der Waals surface area contributed by atoms with E-state index >= 15 is 0 Å². The van der Waals surface area contributed by atoms with E-state index in [0.717, 1.165) is 30.0 Å². The van der Waals surface area contributed by atoms with Gasteiger partial charge in [-0.15, -0.1) is 0 Å². The van der Waals surface area contributed by atoms with Crippen LogP contribution in [0.4, 0.5) is 0 Å². The second kappa shape index (κ2) is 9.79. The van der Waals surface area contributed by atoms with Crippen molar-refractivity contribution < 1.29 is 9.84 Å². The molecule has 4 aliphatic rings. The van der Waals surface area contributed by atoms with Gasteiger partial charge in [-0.05, 0) is 96.1 Å². The van der Waals surface area contributed by atoms with E-state index in [1.165, 1.54) is 60.8 Å². The van der Waals surface area contributed by atoms with E-state index in [0.29, 0.717) is 18.6 Å². The van der Waals surface area contributed by atoms with Crippen LogP contribution in [0.1, 0.15) is 49.7 Å². The number of hydrogen-bond acceptors (Lipinski definition) is 3. The van der Waals surface area contributed by atoms with Crippen LogP contribution >= 0.6 is 0 Å². The van der Waals surface area contributed by atoms with Gasteiger partial charge in [0.05, 0.1) is 0 Å². The molecular weight excluding hydrogens is 430 g/mol. The van der Waals surface area contributed by atoms with Crippen LogP contribution in [0, 0.1) is 17.8 Å². The fourth-order valence-electron chi connectivity index (χ4n) is 7.45. The fraction of sp³-hybridized carbons (Fsp3) is 0.438. The van der Waals surface area contributed by atoms with Crippen molar-refractivity contribution in [3.63, 3.8) is 0 Å². The van der Waals surface area contributed by atoms with Crippen molar-refractivity contribution in [3.05, 3.63) is 90.0 Å². The van der Waals surface area contributed by atoms with Crippen LogP contribution in [0.15, 0.2) is 78.9 Å². The molecule has 4 fully saturated rings. The minimum Gasteiger partial charge on any atom is -0.491 e. The molecular formula is C32H37NO2. The van der Waals surface area contributed by atoms with Gasteiger partial charge in [-0.3, -0.25) is 0 Å². The highest BCUT2D eigenvalue weighted by Gasteiger charge is 2.51. The van der Waals surface area contributed by atoms with Crippen molar-refractivity contribution in [2.24, 2.45) is 17.8 Å². The molecule has 0 spiro atoms. The first-order valence-electron chi connectivity index (χ1n) is 13.4. The van der Waals surface area contributed by atoms with Gasteiger partial charge in [-0.1, -0.05) is 66.7 Å². The highest BCUT2D eigenvalue weighted by Crippen LogP contribution is 2.60. The summed E-state index contributed by atoms with van der Waals surface area (Å²) in [6.07, 6.45) is 8.05. The lowest BCUT2D eigenvalue weighted by molar-refractivity contribution is -0.00521. The lowest BCUT2D eigenvalue weighted by Crippen LogP contribution is -2.48. The molecule has 3 aromatic carbocycles. The Hall–Kier alpha value is -2.62. The Bertz CT molecular complexity index is 1070. The molecule has 1 unspecified atom stereocenters. The van der Waals surface area contributed by atoms with Crippen molar-refractivity contribution in [1.82, 2.24) is 5.32 Å². The zero-order valence-electron chi connectivity index (χ0n) is 20.5. The first kappa shape index (κ1) is 22.8. The van der Waals surface area contributed by atoms with E-state index in [-0.39, 0.29) is 0 Å². The monoisotopic (exact) mass is 467 g/mol. The SMILES string of the molecule is OC(CNCc1ccc(-c2ccccc2)cc1)COc1ccc(C23CC4CC(CC(C4)C2)C3)cc1. The molecule has 182 valence electrons. The minimum atomic E-state index is -0.540. The second-order valence-corrected chi connectivity index (χ2v) is 11.4. The maximum absolute atomic E-state index is 10.4. The highest BCUT2D eigenvalue weighted by molar-refractivity contribution is 5.63. The number of aliphatic hydroxyl groups excluding tert-OH is 1. The average molecular weight is 468 g/mol. The number of rotatable bonds is 9. The molecule has 3 nitrogen and oxygen atoms in total. The summed E-state index contributed by atoms with van der Waals surface area (Å²) < 4.78 is 5.92. The summed E-state index contributed by atoms with van der Waals surface area (Å²) >= 11 is 0. The zero-order chi connectivity index (χ0) is 23.7. The number of ether oxygens (including phenoxy) is 1. The second-order valence-electron chi connectivity index (χ2n) is 11.4. The standard InChI is InChI=1S/C32H37NO2/c34-30(21-33-20-23-6-8-28(9-7-23)27-4-2-1-3-5-27)22-35-31-12-10-29(11-13-31)32-17-24-14-25(18-32)16-26(15-24)19-32/h1-13,24-26,30,33-34H,14-22H2. The van der Waals surface area contributed by atoms with Gasteiger partial charge in [-0.2, -0.15) is 0 Å². The van der Waals surface area contributed by atoms with Gasteiger partial charge < -0.3 is 15.2 Å². The third-order valence-corrected chi connectivity index (χ3v) is 8.72. The van der Waals surface area contributed by atoms with Gasteiger partial charge in [0.25, 0.3) is 0 Å². The Morgan fingerprint density at radius 3 is 2.00 bits per heavy atom. The van der Waals surface area contributed by atoms with Gasteiger partial charge in [0.2, 0.25) is 0 Å². The van der Waals surface area contributed by atoms with E-state index in [2.05, 4.69) is 78.1 Å². The molecule has 4 saturated carbocycles. The van der Waals surface area contributed by atoms with Crippen LogP contribution in [0.3, 0.4) is 0 Å². The molecule has 35 heavy (non-hydrogen) atoms. The van der Waals surface area contributed by atoms with Crippen molar-refractivity contribution in [2.45, 2.75) is 56.6 Å². The Kier molecular flexibility index (Phi) is 6.39. The largest absolute Gasteiger partial charge is 0.491 e. The quantitative estimate of drug-likeness (QED) is 0.385. The first-order chi connectivity index (χ1) is 17.1. The predicted molar refractivity (Wildman–Crippen MR) is 141 cm³/mol. The summed E-state index contributed by atoms with van der Waals surface area (Å²) in [4.78, 5) is 0. The van der Waals surface area contributed by atoms with E-state index in [4.69, 9.17) is 4.74 Å². The topological polar surface area (TPSA) is 41.5 Å². The molecule has 0 aromatic heterocycles. The normalized spacial score (nSPS) is 27.6. The fourth-order valence-corrected chi connectivity index (χ4v) is 7.45. The Labute approximate surface area is 209 Å². The van der Waals surface area contributed by atoms with Crippen molar-refractivity contribution in [3.8, 4) is 16.9 Å². The van der Waals surface area contributed by atoms with E-state index < -0.39 is 6.10 Å². The molecule has 0 heterocycles. The molecule has 4 aliphatic carbocycles. The number of aliphatic hydroxyl groups is 1. The summed E-state index contributed by atoms with van der Waals surface area (Å²) in [6, 6.07) is 27.8. The molecule has 0 aliphatic heterocycles. The molecule has 2 N–H and O–H groups in total. The molecule has 1 atom stereocenters. The summed E-state index contributed by atoms with van der Waals surface area (Å²) in [7, 11) is 0. The van der Waals surface area contributed by atoms with Crippen LogP contribution in [0.2, 0.25) is 0 Å². The van der Waals surface area contributed by atoms with Crippen LogP contribution in [0.5, 0.6) is 5.75 Å². The first-order valence-corrected chi connectivity index (χ1v) is 13.4. The summed E-state index contributed by atoms with van der Waals surface area (Å²) in [6.45, 7) is 1.54. The van der Waals surface area contributed by atoms with Gasteiger partial charge in [0.1, 0.15) is 18.5 Å². The molecule has 3 aromatic rings. The van der Waals surface area contributed by atoms with Crippen molar-refractivity contribution >= 4 is 0 Å². The van der Waals surface area contributed by atoms with Gasteiger partial charge >= 0.3 is 0 Å². The van der Waals surface area contributed by atoms with E-state index in [9.17, 15) is 5.11 Å². The van der Waals surface area contributed by atoms with Gasteiger partial charge in [-0.25, -0.2) is 0 Å². The van der Waals surface area contributed by atoms with Gasteiger partial charge in [0.15, 0.2) is 0 Å². The number of hydrogen-bond donors (Lipinski definition) is 2. The predicted octanol–water partition coefficient (Wildman–Crippen LogP) is 6.35. The van der Waals surface area contributed by atoms with Crippen molar-refractivity contribution in [2.75, 3.05) is 13.2 Å². The number of benzene rings is 3. The Morgan fingerprint density at radius 2 is 1.37 bits per heavy atom. The molecule has 0 amide bonds. The van der Waals surface area contributed by atoms with Crippen LogP contribution in [-0.2, 0) is 12.0 Å². The average Bonchev–Trinajstić information content (AvgIpc) is 2.88. The van der Waals surface area contributed by atoms with Crippen molar-refractivity contribution in [1.29, 1.82) is 0 Å². The Morgan fingerprint density at radius 1 is 0.771 bits per heavy atom. The van der Waals surface area contributed by atoms with E-state index in [1.54, 1.807) is 0 Å². The van der Waals surface area contributed by atoms with Crippen LogP contribution in [-0.4, -0.2) is 24.4 Å². The number of nitrogens with one attached hydrogen (secondary N) is 1. The zero-order valence-corrected chi connectivity index (χ0v) is 20.5. The summed E-state index contributed by atoms with van der Waals surface area (Å²) in [5.41, 5.74) is 5.60. The molecule has 0 saturated heterocycles. The third kappa shape index (κ3) is 5.03.